The molecule has 1 aromatic rings. The van der Waals surface area contributed by atoms with Crippen molar-refractivity contribution < 1.29 is 34.1 Å². The fraction of sp³-hybridized carbons (Fsp3) is 0.381. The molecule has 6 aliphatic rings. The molecule has 1 unspecified atom stereocenters. The summed E-state index contributed by atoms with van der Waals surface area (Å²) < 4.78 is 0. The van der Waals surface area contributed by atoms with E-state index in [-0.39, 0.29) is 42.1 Å². The molecule has 20 radical (unpaired) electrons. The molecule has 6 aliphatic carbocycles. The van der Waals surface area contributed by atoms with Crippen LogP contribution in [-0.4, -0.2) is 36.4 Å². The summed E-state index contributed by atoms with van der Waals surface area (Å²) in [6.07, 6.45) is 50.0. The van der Waals surface area contributed by atoms with Gasteiger partial charge in [-0.15, -0.1) is 0 Å². The second-order valence-electron chi connectivity index (χ2n) is 12.9. The van der Waals surface area contributed by atoms with Crippen LogP contribution in [0.4, 0.5) is 0 Å². The van der Waals surface area contributed by atoms with Crippen LogP contribution in [0, 0.1) is 126 Å². The molecule has 6 fully saturated rings. The normalized spacial score (nSPS) is 25.0. The van der Waals surface area contributed by atoms with Crippen LogP contribution >= 0.6 is 15.8 Å². The molecule has 0 aromatic heterocycles. The Labute approximate surface area is 316 Å². The summed E-state index contributed by atoms with van der Waals surface area (Å²) in [6.45, 7) is 2.28. The molecule has 0 N–H and O–H groups in total. The van der Waals surface area contributed by atoms with E-state index < -0.39 is 7.92 Å². The Morgan fingerprint density at radius 1 is 0.553 bits per heavy atom. The Morgan fingerprint density at radius 3 is 1.49 bits per heavy atom. The van der Waals surface area contributed by atoms with Gasteiger partial charge in [-0.25, -0.2) is 0 Å². The van der Waals surface area contributed by atoms with Crippen molar-refractivity contribution in [1.82, 2.24) is 4.90 Å². The second-order valence-corrected chi connectivity index (χ2v) is 17.9. The first-order chi connectivity index (χ1) is 22.1. The van der Waals surface area contributed by atoms with Crippen molar-refractivity contribution in [1.29, 1.82) is 0 Å². The molecule has 2 atom stereocenters. The van der Waals surface area contributed by atoms with E-state index in [4.69, 9.17) is 0 Å². The maximum absolute atomic E-state index is 2.43. The number of benzene rings is 1. The molecule has 0 spiro atoms. The van der Waals surface area contributed by atoms with Crippen molar-refractivity contribution in [3.63, 3.8) is 0 Å². The van der Waals surface area contributed by atoms with Gasteiger partial charge in [0.1, 0.15) is 0 Å². The fourth-order valence-electron chi connectivity index (χ4n) is 7.07. The number of hydrogen-bond acceptors (Lipinski definition) is 1. The predicted octanol–water partition coefficient (Wildman–Crippen LogP) is 10.4. The van der Waals surface area contributed by atoms with Crippen molar-refractivity contribution in [2.24, 2.45) is 0 Å². The third-order valence-electron chi connectivity index (χ3n) is 9.64. The van der Waals surface area contributed by atoms with Gasteiger partial charge in [-0.3, -0.25) is 0 Å². The van der Waals surface area contributed by atoms with E-state index in [1.54, 1.807) is 5.66 Å². The quantitative estimate of drug-likeness (QED) is 0.189. The fourth-order valence-corrected chi connectivity index (χ4v) is 13.4. The van der Waals surface area contributed by atoms with Crippen molar-refractivity contribution in [2.75, 3.05) is 14.1 Å². The van der Waals surface area contributed by atoms with Crippen LogP contribution in [0.1, 0.15) is 71.1 Å². The average molecular weight is 746 g/mol. The first-order valence-corrected chi connectivity index (χ1v) is 20.1. The minimum atomic E-state index is -0.477. The van der Waals surface area contributed by atoms with E-state index in [1.165, 1.54) is 86.7 Å². The van der Waals surface area contributed by atoms with Crippen LogP contribution in [0.15, 0.2) is 30.3 Å². The van der Waals surface area contributed by atoms with Gasteiger partial charge in [-0.05, 0) is 166 Å². The van der Waals surface area contributed by atoms with Crippen LogP contribution in [0.3, 0.4) is 0 Å². The van der Waals surface area contributed by atoms with Gasteiger partial charge in [0.15, 0.2) is 0 Å². The van der Waals surface area contributed by atoms with Crippen molar-refractivity contribution in [2.45, 2.75) is 88.5 Å². The summed E-state index contributed by atoms with van der Waals surface area (Å²) in [5.41, 5.74) is 6.75. The molecule has 0 saturated heterocycles. The predicted molar refractivity (Wildman–Crippen MR) is 199 cm³/mol. The Bertz CT molecular complexity index is 877. The zero-order valence-electron chi connectivity index (χ0n) is 28.5. The molecule has 0 heterocycles. The van der Waals surface area contributed by atoms with Crippen molar-refractivity contribution in [3.05, 3.63) is 156 Å². The molecular weight excluding hydrogens is 692 g/mol. The summed E-state index contributed by atoms with van der Waals surface area (Å²) in [4.78, 5) is 2.28. The van der Waals surface area contributed by atoms with E-state index in [0.29, 0.717) is 6.04 Å². The van der Waals surface area contributed by atoms with Crippen LogP contribution in [0.2, 0.25) is 0 Å². The Kier molecular flexibility index (Phi) is 21.3. The van der Waals surface area contributed by atoms with Gasteiger partial charge in [-0.1, -0.05) is 84.7 Å². The Balaban J connectivity index is 0.000000217. The summed E-state index contributed by atoms with van der Waals surface area (Å²) in [5.74, 6) is 1.45. The summed E-state index contributed by atoms with van der Waals surface area (Å²) in [6, 6.07) is 11.3. The first-order valence-electron chi connectivity index (χ1n) is 17.3. The van der Waals surface area contributed by atoms with Gasteiger partial charge in [0.05, 0.1) is 0 Å². The summed E-state index contributed by atoms with van der Waals surface area (Å²) >= 11 is 0. The van der Waals surface area contributed by atoms with Crippen LogP contribution in [-0.2, 0) is 34.1 Å². The van der Waals surface area contributed by atoms with E-state index in [1.807, 2.05) is 32.1 Å². The molecule has 1 nitrogen and oxygen atoms in total. The zero-order chi connectivity index (χ0) is 31.3. The molecule has 0 amide bonds. The van der Waals surface area contributed by atoms with Crippen LogP contribution in [0.25, 0.3) is 0 Å². The van der Waals surface area contributed by atoms with Crippen LogP contribution < -0.4 is 5.30 Å². The Morgan fingerprint density at radius 2 is 1.02 bits per heavy atom. The molecule has 1 aromatic carbocycles. The van der Waals surface area contributed by atoms with Crippen molar-refractivity contribution in [3.8, 4) is 0 Å². The molecule has 6 saturated carbocycles. The summed E-state index contributed by atoms with van der Waals surface area (Å²) in [5, 5.41) is 1.42. The molecule has 0 bridgehead atoms. The minimum Gasteiger partial charge on any atom is -0.306 e. The average Bonchev–Trinajstić information content (AvgIpc) is 3.93. The van der Waals surface area contributed by atoms with Gasteiger partial charge < -0.3 is 4.90 Å². The standard InChI is InChI=1S/C20H22NP.C17H26P.C5H5.2Fe/c1-16(21(2)3)19-14-9-15-20(19)22(18-12-7-8-13-18)17-10-5-4-6-11-17;1-3-9-15(10-4-1)18(17-13-7-8-14-17)16-11-5-2-6-12-16;1-2-4-5-3-1;;/h4-16H,1-3H3;7-8,13-16H,1-6,9-12H2;1-5H;;/t16-,22?;;;;/m1..../s1. The topological polar surface area (TPSA) is 3.24 Å². The van der Waals surface area contributed by atoms with Gasteiger partial charge in [0.2, 0.25) is 0 Å². The maximum Gasteiger partial charge on any atom is 0.0173 e. The molecule has 47 heavy (non-hydrogen) atoms. The van der Waals surface area contributed by atoms with Gasteiger partial charge in [-0.2, -0.15) is 0 Å². The van der Waals surface area contributed by atoms with Gasteiger partial charge in [0, 0.05) is 63.1 Å². The third-order valence-corrected chi connectivity index (χ3v) is 15.7. The molecule has 0 aliphatic heterocycles. The van der Waals surface area contributed by atoms with E-state index in [2.05, 4.69) is 127 Å². The largest absolute Gasteiger partial charge is 0.306 e. The molecular formula is C42H53Fe2NP2. The number of nitrogens with zero attached hydrogens (tertiary/aromatic N) is 1. The Hall–Kier alpha value is 1.08. The molecule has 252 valence electrons. The molecule has 5 heteroatoms. The maximum atomic E-state index is 2.43. The van der Waals surface area contributed by atoms with Gasteiger partial charge in [0.25, 0.3) is 0 Å². The third kappa shape index (κ3) is 12.9. The first kappa shape index (κ1) is 42.5. The van der Waals surface area contributed by atoms with E-state index in [0.717, 1.165) is 11.3 Å². The smallest absolute Gasteiger partial charge is 0.0173 e. The SMILES string of the molecule is C[C@H]([C]1[CH][CH][CH][C]1P([C]1[CH][CH][CH][CH]1)c1ccccc1)N(C)C.[CH]1[CH][CH][CH][CH]1.[CH]1[CH][CH][C](P(C2CCCCC2)C2CCCCC2)[CH]1.[Fe].[Fe]. The van der Waals surface area contributed by atoms with Crippen molar-refractivity contribution >= 4 is 21.1 Å². The zero-order valence-corrected chi connectivity index (χ0v) is 32.5. The molecule has 7 rings (SSSR count). The number of rotatable bonds is 8. The van der Waals surface area contributed by atoms with E-state index in [9.17, 15) is 0 Å². The van der Waals surface area contributed by atoms with Crippen LogP contribution in [0.5, 0.6) is 0 Å². The minimum absolute atomic E-state index is 0. The monoisotopic (exact) mass is 745 g/mol. The van der Waals surface area contributed by atoms with E-state index >= 15 is 0 Å². The van der Waals surface area contributed by atoms with Gasteiger partial charge >= 0.3 is 0 Å². The number of hydrogen-bond donors (Lipinski definition) is 0. The second kappa shape index (κ2) is 23.6. The summed E-state index contributed by atoms with van der Waals surface area (Å²) in [7, 11) is 3.96.